The molecule has 0 heterocycles. The third-order valence-electron chi connectivity index (χ3n) is 3.04. The molecule has 0 spiro atoms. The number of carbonyl (C=O) groups is 1. The van der Waals surface area contributed by atoms with Crippen molar-refractivity contribution in [1.82, 2.24) is 0 Å². The van der Waals surface area contributed by atoms with E-state index >= 15 is 0 Å². The van der Waals surface area contributed by atoms with Gasteiger partial charge in [-0.25, -0.2) is 0 Å². The van der Waals surface area contributed by atoms with Crippen LogP contribution in [0.2, 0.25) is 10.0 Å². The fourth-order valence-corrected chi connectivity index (χ4v) is 2.61. The summed E-state index contributed by atoms with van der Waals surface area (Å²) in [6.07, 6.45) is 5.30. The summed E-state index contributed by atoms with van der Waals surface area (Å²) in [5.74, 6) is 2.35. The Hall–Kier alpha value is -1.99. The van der Waals surface area contributed by atoms with Gasteiger partial charge in [-0.05, 0) is 24.1 Å². The number of anilines is 1. The van der Waals surface area contributed by atoms with Gasteiger partial charge in [0.25, 0.3) is 5.91 Å². The van der Waals surface area contributed by atoms with Gasteiger partial charge in [0.1, 0.15) is 6.54 Å². The van der Waals surface area contributed by atoms with E-state index in [9.17, 15) is 4.79 Å². The maximum Gasteiger partial charge on any atom is 0.287 e. The third-order valence-corrected chi connectivity index (χ3v) is 3.48. The van der Waals surface area contributed by atoms with Gasteiger partial charge in [0, 0.05) is 21.3 Å². The topological polar surface area (TPSA) is 45.7 Å². The highest BCUT2D eigenvalue weighted by Crippen LogP contribution is 2.23. The first-order valence-corrected chi connectivity index (χ1v) is 7.44. The minimum atomic E-state index is -0.435. The van der Waals surface area contributed by atoms with Crippen LogP contribution in [0.3, 0.4) is 0 Å². The smallest absolute Gasteiger partial charge is 0.287 e. The molecule has 22 heavy (non-hydrogen) atoms. The molecule has 0 aliphatic heterocycles. The molecule has 1 amide bonds. The lowest BCUT2D eigenvalue weighted by Gasteiger charge is -2.15. The van der Waals surface area contributed by atoms with Crippen LogP contribution in [0.5, 0.6) is 0 Å². The monoisotopic (exact) mass is 333 g/mol. The van der Waals surface area contributed by atoms with E-state index < -0.39 is 6.04 Å². The minimum Gasteiger partial charge on any atom is -0.322 e. The van der Waals surface area contributed by atoms with Crippen molar-refractivity contribution in [3.63, 3.8) is 0 Å². The zero-order valence-electron chi connectivity index (χ0n) is 11.7. The van der Waals surface area contributed by atoms with Gasteiger partial charge in [-0.2, -0.15) is 0 Å². The molecule has 0 fully saturated rings. The molecule has 0 bridgehead atoms. The van der Waals surface area contributed by atoms with Crippen molar-refractivity contribution >= 4 is 34.8 Å². The van der Waals surface area contributed by atoms with Crippen LogP contribution in [-0.2, 0) is 4.79 Å². The number of hydrogen-bond acceptors (Lipinski definition) is 1. The molecule has 0 saturated heterocycles. The Bertz CT molecular complexity index is 675. The molecule has 1 atom stereocenters. The first-order chi connectivity index (χ1) is 10.6. The molecular weight excluding hydrogens is 319 g/mol. The van der Waals surface area contributed by atoms with E-state index in [0.717, 1.165) is 5.56 Å². The van der Waals surface area contributed by atoms with Crippen LogP contribution < -0.4 is 10.6 Å². The summed E-state index contributed by atoms with van der Waals surface area (Å²) < 4.78 is 0. The molecule has 0 unspecified atom stereocenters. The van der Waals surface area contributed by atoms with Gasteiger partial charge in [-0.3, -0.25) is 4.79 Å². The molecule has 0 radical (unpaired) electrons. The molecule has 5 heteroatoms. The summed E-state index contributed by atoms with van der Waals surface area (Å²) in [6, 6.07) is 13.9. The molecule has 112 valence electrons. The van der Waals surface area contributed by atoms with Crippen LogP contribution in [0.4, 0.5) is 5.69 Å². The molecule has 3 nitrogen and oxygen atoms in total. The highest BCUT2D eigenvalue weighted by atomic mass is 35.5. The lowest BCUT2D eigenvalue weighted by molar-refractivity contribution is -0.672. The summed E-state index contributed by atoms with van der Waals surface area (Å²) in [5.41, 5.74) is 1.43. The Balaban J connectivity index is 2.20. The van der Waals surface area contributed by atoms with Crippen LogP contribution in [0.1, 0.15) is 11.6 Å². The molecule has 2 rings (SSSR count). The van der Waals surface area contributed by atoms with E-state index in [4.69, 9.17) is 29.6 Å². The average molecular weight is 334 g/mol. The number of amides is 1. The second-order valence-corrected chi connectivity index (χ2v) is 5.55. The fraction of sp³-hybridized carbons (Fsp3) is 0.118. The van der Waals surface area contributed by atoms with Crippen molar-refractivity contribution in [3.05, 3.63) is 64.1 Å². The predicted molar refractivity (Wildman–Crippen MR) is 89.9 cm³/mol. The van der Waals surface area contributed by atoms with E-state index in [1.54, 1.807) is 23.5 Å². The lowest BCUT2D eigenvalue weighted by Crippen LogP contribution is -2.87. The number of nitrogens with two attached hydrogens (primary N) is 1. The molecule has 0 saturated carbocycles. The highest BCUT2D eigenvalue weighted by Gasteiger charge is 2.23. The Morgan fingerprint density at radius 1 is 1.18 bits per heavy atom. The Morgan fingerprint density at radius 3 is 2.41 bits per heavy atom. The number of benzene rings is 2. The van der Waals surface area contributed by atoms with Crippen LogP contribution in [0.25, 0.3) is 0 Å². The Labute approximate surface area is 139 Å². The SMILES string of the molecule is C#CC[NH2+][C@H](C(=O)Nc1cc(Cl)cc(Cl)c1)c1ccccc1. The van der Waals surface area contributed by atoms with Crippen LogP contribution >= 0.6 is 23.2 Å². The maximum absolute atomic E-state index is 12.5. The van der Waals surface area contributed by atoms with E-state index in [1.807, 2.05) is 30.3 Å². The van der Waals surface area contributed by atoms with Crippen molar-refractivity contribution in [1.29, 1.82) is 0 Å². The summed E-state index contributed by atoms with van der Waals surface area (Å²) >= 11 is 11.9. The zero-order valence-corrected chi connectivity index (χ0v) is 13.2. The van der Waals surface area contributed by atoms with Gasteiger partial charge in [0.15, 0.2) is 6.04 Å². The minimum absolute atomic E-state index is 0.181. The summed E-state index contributed by atoms with van der Waals surface area (Å²) in [6.45, 7) is 0.406. The number of carbonyl (C=O) groups excluding carboxylic acids is 1. The van der Waals surface area contributed by atoms with Crippen LogP contribution in [-0.4, -0.2) is 12.5 Å². The molecule has 2 aromatic carbocycles. The number of halogens is 2. The second-order valence-electron chi connectivity index (χ2n) is 4.68. The number of rotatable bonds is 5. The predicted octanol–water partition coefficient (Wildman–Crippen LogP) is 2.87. The van der Waals surface area contributed by atoms with E-state index in [1.165, 1.54) is 0 Å². The fourth-order valence-electron chi connectivity index (χ4n) is 2.09. The third kappa shape index (κ3) is 4.51. The summed E-state index contributed by atoms with van der Waals surface area (Å²) in [5, 5.41) is 5.55. The van der Waals surface area contributed by atoms with Gasteiger partial charge in [-0.1, -0.05) is 53.5 Å². The van der Waals surface area contributed by atoms with Gasteiger partial charge < -0.3 is 10.6 Å². The molecule has 0 aliphatic carbocycles. The number of quaternary nitrogens is 1. The first kappa shape index (κ1) is 16.4. The molecule has 3 N–H and O–H groups in total. The molecular formula is C17H15Cl2N2O+. The van der Waals surface area contributed by atoms with Crippen molar-refractivity contribution in [2.75, 3.05) is 11.9 Å². The molecule has 0 aromatic heterocycles. The van der Waals surface area contributed by atoms with Crippen molar-refractivity contribution in [2.24, 2.45) is 0 Å². The maximum atomic E-state index is 12.5. The number of terminal acetylenes is 1. The van der Waals surface area contributed by atoms with Crippen LogP contribution in [0, 0.1) is 12.3 Å². The second kappa shape index (κ2) is 7.86. The van der Waals surface area contributed by atoms with E-state index in [2.05, 4.69) is 11.2 Å². The molecule has 0 aliphatic rings. The molecule has 2 aromatic rings. The van der Waals surface area contributed by atoms with Gasteiger partial charge in [0.2, 0.25) is 0 Å². The Morgan fingerprint density at radius 2 is 1.82 bits per heavy atom. The summed E-state index contributed by atoms with van der Waals surface area (Å²) in [4.78, 5) is 12.5. The van der Waals surface area contributed by atoms with Gasteiger partial charge in [0.05, 0.1) is 0 Å². The van der Waals surface area contributed by atoms with Gasteiger partial charge in [-0.15, -0.1) is 6.42 Å². The average Bonchev–Trinajstić information content (AvgIpc) is 2.47. The first-order valence-electron chi connectivity index (χ1n) is 6.69. The lowest BCUT2D eigenvalue weighted by atomic mass is 10.1. The zero-order chi connectivity index (χ0) is 15.9. The highest BCUT2D eigenvalue weighted by molar-refractivity contribution is 6.35. The normalized spacial score (nSPS) is 11.5. The summed E-state index contributed by atoms with van der Waals surface area (Å²) in [7, 11) is 0. The van der Waals surface area contributed by atoms with E-state index in [0.29, 0.717) is 22.3 Å². The number of hydrogen-bond donors (Lipinski definition) is 2. The largest absolute Gasteiger partial charge is 0.322 e. The van der Waals surface area contributed by atoms with Crippen molar-refractivity contribution < 1.29 is 10.1 Å². The van der Waals surface area contributed by atoms with Crippen LogP contribution in [0.15, 0.2) is 48.5 Å². The quantitative estimate of drug-likeness (QED) is 0.812. The number of nitrogens with one attached hydrogen (secondary N) is 1. The van der Waals surface area contributed by atoms with Gasteiger partial charge >= 0.3 is 0 Å². The standard InChI is InChI=1S/C17H14Cl2N2O/c1-2-8-20-16(12-6-4-3-5-7-12)17(22)21-15-10-13(18)9-14(19)11-15/h1,3-7,9-11,16,20H,8H2,(H,21,22)/p+1/t16-/m0/s1. The van der Waals surface area contributed by atoms with E-state index in [-0.39, 0.29) is 5.91 Å². The Kier molecular flexibility index (Phi) is 5.85. The van der Waals surface area contributed by atoms with Crippen molar-refractivity contribution in [3.8, 4) is 12.3 Å². The van der Waals surface area contributed by atoms with Crippen molar-refractivity contribution in [2.45, 2.75) is 6.04 Å².